The van der Waals surface area contributed by atoms with Crippen LogP contribution >= 0.6 is 23.2 Å². The number of H-pyrrole nitrogens is 1. The number of rotatable bonds is 3. The van der Waals surface area contributed by atoms with Crippen molar-refractivity contribution in [2.24, 2.45) is 5.14 Å². The van der Waals surface area contributed by atoms with E-state index in [1.807, 2.05) is 0 Å². The van der Waals surface area contributed by atoms with Crippen molar-refractivity contribution in [3.05, 3.63) is 40.1 Å². The summed E-state index contributed by atoms with van der Waals surface area (Å²) in [7, 11) is -3.93. The van der Waals surface area contributed by atoms with Crippen molar-refractivity contribution in [1.29, 1.82) is 0 Å². The number of sulfonamides is 1. The summed E-state index contributed by atoms with van der Waals surface area (Å²) in [6, 6.07) is 3.66. The van der Waals surface area contributed by atoms with Crippen LogP contribution in [0.4, 0.5) is 5.69 Å². The number of hydrogen-bond acceptors (Lipinski definition) is 4. The van der Waals surface area contributed by atoms with E-state index in [0.29, 0.717) is 0 Å². The first-order chi connectivity index (χ1) is 9.29. The Hall–Kier alpha value is -1.61. The number of hydrogen-bond donors (Lipinski definition) is 3. The second kappa shape index (κ2) is 5.41. The Kier molecular flexibility index (Phi) is 4.00. The fraction of sp³-hybridized carbons (Fsp3) is 0. The summed E-state index contributed by atoms with van der Waals surface area (Å²) in [5, 5.41) is 13.4. The van der Waals surface area contributed by atoms with Crippen LogP contribution in [-0.2, 0) is 10.0 Å². The Balaban J connectivity index is 2.37. The Labute approximate surface area is 124 Å². The molecule has 2 aromatic rings. The molecular formula is C10H8Cl2N4O3S. The van der Waals surface area contributed by atoms with Crippen molar-refractivity contribution in [3.63, 3.8) is 0 Å². The molecule has 106 valence electrons. The van der Waals surface area contributed by atoms with Gasteiger partial charge in [0.15, 0.2) is 0 Å². The predicted octanol–water partition coefficient (Wildman–Crippen LogP) is 1.62. The van der Waals surface area contributed by atoms with Crippen LogP contribution < -0.4 is 10.5 Å². The Morgan fingerprint density at radius 2 is 1.90 bits per heavy atom. The molecule has 0 spiro atoms. The zero-order valence-corrected chi connectivity index (χ0v) is 12.1. The molecule has 1 aromatic heterocycles. The van der Waals surface area contributed by atoms with Gasteiger partial charge in [-0.05, 0) is 18.2 Å². The maximum atomic E-state index is 11.8. The second-order valence-electron chi connectivity index (χ2n) is 3.73. The quantitative estimate of drug-likeness (QED) is 0.790. The van der Waals surface area contributed by atoms with E-state index in [1.54, 1.807) is 0 Å². The van der Waals surface area contributed by atoms with E-state index in [-0.39, 0.29) is 26.3 Å². The number of halogens is 2. The second-order valence-corrected chi connectivity index (χ2v) is 6.11. The molecule has 0 unspecified atom stereocenters. The van der Waals surface area contributed by atoms with Crippen molar-refractivity contribution in [3.8, 4) is 0 Å². The lowest BCUT2D eigenvalue weighted by Crippen LogP contribution is -2.15. The number of carbonyl (C=O) groups is 1. The lowest BCUT2D eigenvalue weighted by Gasteiger charge is -2.10. The minimum atomic E-state index is -3.93. The standard InChI is InChI=1S/C10H8Cl2N4O3S/c11-6-3-5(20(13,18)19)4-7(12)9(6)15-10(17)8-1-2-14-16-8/h1-4H,(H,14,16)(H,15,17)(H2,13,18,19). The molecule has 10 heteroatoms. The van der Waals surface area contributed by atoms with Crippen LogP contribution in [0.2, 0.25) is 10.0 Å². The van der Waals surface area contributed by atoms with Crippen molar-refractivity contribution >= 4 is 44.8 Å². The summed E-state index contributed by atoms with van der Waals surface area (Å²) < 4.78 is 22.4. The highest BCUT2D eigenvalue weighted by atomic mass is 35.5. The summed E-state index contributed by atoms with van der Waals surface area (Å²) >= 11 is 11.8. The summed E-state index contributed by atoms with van der Waals surface area (Å²) in [4.78, 5) is 11.6. The minimum absolute atomic E-state index is 0.0469. The summed E-state index contributed by atoms with van der Waals surface area (Å²) in [6.07, 6.45) is 1.40. The fourth-order valence-electron chi connectivity index (χ4n) is 1.40. The average molecular weight is 335 g/mol. The summed E-state index contributed by atoms with van der Waals surface area (Å²) in [5.74, 6) is -0.519. The SMILES string of the molecule is NS(=O)(=O)c1cc(Cl)c(NC(=O)c2ccn[nH]2)c(Cl)c1. The van der Waals surface area contributed by atoms with E-state index in [4.69, 9.17) is 28.3 Å². The number of aromatic amines is 1. The van der Waals surface area contributed by atoms with E-state index < -0.39 is 15.9 Å². The summed E-state index contributed by atoms with van der Waals surface area (Å²) in [5.41, 5.74) is 0.285. The minimum Gasteiger partial charge on any atom is -0.318 e. The maximum absolute atomic E-state index is 11.8. The van der Waals surface area contributed by atoms with Gasteiger partial charge in [0.2, 0.25) is 10.0 Å². The molecule has 0 aliphatic heterocycles. The molecule has 7 nitrogen and oxygen atoms in total. The highest BCUT2D eigenvalue weighted by Crippen LogP contribution is 2.33. The van der Waals surface area contributed by atoms with Gasteiger partial charge in [-0.2, -0.15) is 5.10 Å². The highest BCUT2D eigenvalue weighted by Gasteiger charge is 2.17. The van der Waals surface area contributed by atoms with Gasteiger partial charge in [0.1, 0.15) is 5.69 Å². The molecule has 0 aliphatic rings. The number of benzene rings is 1. The van der Waals surface area contributed by atoms with Gasteiger partial charge in [-0.1, -0.05) is 23.2 Å². The van der Waals surface area contributed by atoms with Crippen molar-refractivity contribution in [2.75, 3.05) is 5.32 Å². The van der Waals surface area contributed by atoms with Crippen LogP contribution in [0.15, 0.2) is 29.3 Å². The molecule has 0 atom stereocenters. The third-order valence-corrected chi connectivity index (χ3v) is 3.82. The van der Waals surface area contributed by atoms with Crippen LogP contribution in [0.5, 0.6) is 0 Å². The number of aromatic nitrogens is 2. The zero-order chi connectivity index (χ0) is 14.9. The number of nitrogens with two attached hydrogens (primary N) is 1. The van der Waals surface area contributed by atoms with E-state index in [1.165, 1.54) is 12.3 Å². The van der Waals surface area contributed by atoms with Gasteiger partial charge in [0.25, 0.3) is 5.91 Å². The molecule has 4 N–H and O–H groups in total. The van der Waals surface area contributed by atoms with Crippen LogP contribution in [0, 0.1) is 0 Å². The smallest absolute Gasteiger partial charge is 0.273 e. The normalized spacial score (nSPS) is 11.3. The summed E-state index contributed by atoms with van der Waals surface area (Å²) in [6.45, 7) is 0. The fourth-order valence-corrected chi connectivity index (χ4v) is 2.67. The number of anilines is 1. The first-order valence-corrected chi connectivity index (χ1v) is 7.42. The third-order valence-electron chi connectivity index (χ3n) is 2.33. The number of nitrogens with zero attached hydrogens (tertiary/aromatic N) is 1. The molecule has 2 rings (SSSR count). The Morgan fingerprint density at radius 1 is 1.30 bits per heavy atom. The molecule has 0 radical (unpaired) electrons. The van der Waals surface area contributed by atoms with Crippen LogP contribution in [-0.4, -0.2) is 24.5 Å². The largest absolute Gasteiger partial charge is 0.318 e. The molecule has 0 saturated heterocycles. The predicted molar refractivity (Wildman–Crippen MR) is 74.4 cm³/mol. The van der Waals surface area contributed by atoms with E-state index in [0.717, 1.165) is 12.1 Å². The van der Waals surface area contributed by atoms with Gasteiger partial charge in [0.05, 0.1) is 20.6 Å². The van der Waals surface area contributed by atoms with Gasteiger partial charge in [-0.15, -0.1) is 0 Å². The van der Waals surface area contributed by atoms with E-state index in [2.05, 4.69) is 15.5 Å². The maximum Gasteiger partial charge on any atom is 0.273 e. The Morgan fingerprint density at radius 3 is 2.35 bits per heavy atom. The molecule has 0 bridgehead atoms. The van der Waals surface area contributed by atoms with Crippen LogP contribution in [0.25, 0.3) is 0 Å². The number of nitrogens with one attached hydrogen (secondary N) is 2. The van der Waals surface area contributed by atoms with Gasteiger partial charge in [0, 0.05) is 6.20 Å². The molecule has 0 fully saturated rings. The highest BCUT2D eigenvalue weighted by molar-refractivity contribution is 7.89. The molecule has 20 heavy (non-hydrogen) atoms. The van der Waals surface area contributed by atoms with Gasteiger partial charge < -0.3 is 5.32 Å². The monoisotopic (exact) mass is 334 g/mol. The molecule has 0 saturated carbocycles. The van der Waals surface area contributed by atoms with Crippen molar-refractivity contribution < 1.29 is 13.2 Å². The lowest BCUT2D eigenvalue weighted by atomic mass is 10.3. The Bertz CT molecular complexity index is 736. The average Bonchev–Trinajstić information content (AvgIpc) is 2.85. The number of amides is 1. The van der Waals surface area contributed by atoms with E-state index >= 15 is 0 Å². The van der Waals surface area contributed by atoms with Gasteiger partial charge in [-0.3, -0.25) is 9.89 Å². The van der Waals surface area contributed by atoms with Crippen molar-refractivity contribution in [1.82, 2.24) is 10.2 Å². The number of carbonyl (C=O) groups excluding carboxylic acids is 1. The van der Waals surface area contributed by atoms with Crippen LogP contribution in [0.3, 0.4) is 0 Å². The molecule has 1 aromatic carbocycles. The molecule has 0 aliphatic carbocycles. The zero-order valence-electron chi connectivity index (χ0n) is 9.72. The number of primary sulfonamides is 1. The molecular weight excluding hydrogens is 327 g/mol. The first kappa shape index (κ1) is 14.8. The van der Waals surface area contributed by atoms with Gasteiger partial charge in [-0.25, -0.2) is 13.6 Å². The lowest BCUT2D eigenvalue weighted by molar-refractivity contribution is 0.102. The van der Waals surface area contributed by atoms with Gasteiger partial charge >= 0.3 is 0 Å². The first-order valence-electron chi connectivity index (χ1n) is 5.11. The van der Waals surface area contributed by atoms with Crippen LogP contribution in [0.1, 0.15) is 10.5 Å². The van der Waals surface area contributed by atoms with E-state index in [9.17, 15) is 13.2 Å². The molecule has 1 heterocycles. The van der Waals surface area contributed by atoms with Crippen molar-refractivity contribution in [2.45, 2.75) is 4.90 Å². The topological polar surface area (TPSA) is 118 Å². The molecule has 1 amide bonds. The third kappa shape index (κ3) is 3.10.